The second kappa shape index (κ2) is 5.20. The Morgan fingerprint density at radius 1 is 1.35 bits per heavy atom. The Labute approximate surface area is 100 Å². The monoisotopic (exact) mass is 255 g/mol. The van der Waals surface area contributed by atoms with Gasteiger partial charge >= 0.3 is 10.3 Å². The van der Waals surface area contributed by atoms with Gasteiger partial charge < -0.3 is 0 Å². The quantitative estimate of drug-likeness (QED) is 0.653. The summed E-state index contributed by atoms with van der Waals surface area (Å²) in [6.45, 7) is 3.57. The highest BCUT2D eigenvalue weighted by Crippen LogP contribution is 2.16. The molecule has 0 aliphatic carbocycles. The zero-order valence-electron chi connectivity index (χ0n) is 9.49. The van der Waals surface area contributed by atoms with Crippen molar-refractivity contribution in [2.45, 2.75) is 19.8 Å². The fourth-order valence-electron chi connectivity index (χ4n) is 1.25. The molecule has 5 nitrogen and oxygen atoms in total. The Morgan fingerprint density at radius 2 is 1.88 bits per heavy atom. The summed E-state index contributed by atoms with van der Waals surface area (Å²) in [7, 11) is -4.49. The van der Waals surface area contributed by atoms with Gasteiger partial charge in [0.15, 0.2) is 5.78 Å². The SMILES string of the molecule is Cc1ccc(C(C)C(=O)C=NS(=O)(=O)O)cc1. The number of nitrogens with zero attached hydrogens (tertiary/aromatic N) is 1. The normalized spacial score (nSPS) is 13.8. The van der Waals surface area contributed by atoms with E-state index in [1.54, 1.807) is 19.1 Å². The lowest BCUT2D eigenvalue weighted by atomic mass is 9.96. The van der Waals surface area contributed by atoms with Crippen molar-refractivity contribution in [3.8, 4) is 0 Å². The predicted molar refractivity (Wildman–Crippen MR) is 64.6 cm³/mol. The highest BCUT2D eigenvalue weighted by atomic mass is 32.2. The van der Waals surface area contributed by atoms with Gasteiger partial charge in [-0.05, 0) is 12.5 Å². The van der Waals surface area contributed by atoms with Crippen LogP contribution < -0.4 is 0 Å². The second-order valence-corrected chi connectivity index (χ2v) is 4.82. The number of Topliss-reactive ketones (excluding diaryl/α,β-unsaturated/α-hetero) is 1. The van der Waals surface area contributed by atoms with Gasteiger partial charge in [0.1, 0.15) is 0 Å². The fourth-order valence-corrected chi connectivity index (χ4v) is 1.49. The zero-order valence-corrected chi connectivity index (χ0v) is 10.3. The molecule has 0 spiro atoms. The first-order valence-corrected chi connectivity index (χ1v) is 6.32. The summed E-state index contributed by atoms with van der Waals surface area (Å²) in [6.07, 6.45) is 0.625. The fraction of sp³-hybridized carbons (Fsp3) is 0.273. The van der Waals surface area contributed by atoms with Gasteiger partial charge in [0.25, 0.3) is 0 Å². The molecule has 1 aromatic rings. The van der Waals surface area contributed by atoms with Crippen LogP contribution in [-0.4, -0.2) is 25.0 Å². The van der Waals surface area contributed by atoms with Crippen molar-refractivity contribution >= 4 is 22.3 Å². The molecule has 0 aromatic heterocycles. The summed E-state index contributed by atoms with van der Waals surface area (Å²) in [5, 5.41) is 0. The Hall–Kier alpha value is -1.53. The van der Waals surface area contributed by atoms with Crippen molar-refractivity contribution in [3.05, 3.63) is 35.4 Å². The topological polar surface area (TPSA) is 83.8 Å². The summed E-state index contributed by atoms with van der Waals surface area (Å²) < 4.78 is 31.8. The van der Waals surface area contributed by atoms with Crippen molar-refractivity contribution in [1.29, 1.82) is 0 Å². The number of carbonyl (C=O) groups is 1. The maximum atomic E-state index is 11.6. The maximum Gasteiger partial charge on any atom is 0.378 e. The predicted octanol–water partition coefficient (Wildman–Crippen LogP) is 1.54. The summed E-state index contributed by atoms with van der Waals surface area (Å²) >= 11 is 0. The minimum absolute atomic E-state index is 0.480. The zero-order chi connectivity index (χ0) is 13.1. The van der Waals surface area contributed by atoms with E-state index < -0.39 is 22.0 Å². The lowest BCUT2D eigenvalue weighted by Crippen LogP contribution is -2.11. The molecule has 6 heteroatoms. The maximum absolute atomic E-state index is 11.6. The van der Waals surface area contributed by atoms with Crippen molar-refractivity contribution in [2.75, 3.05) is 0 Å². The average molecular weight is 255 g/mol. The van der Waals surface area contributed by atoms with E-state index >= 15 is 0 Å². The van der Waals surface area contributed by atoms with E-state index in [1.165, 1.54) is 0 Å². The highest BCUT2D eigenvalue weighted by molar-refractivity contribution is 7.84. The molecule has 1 atom stereocenters. The molecule has 0 aliphatic rings. The van der Waals surface area contributed by atoms with Crippen LogP contribution in [0.5, 0.6) is 0 Å². The minimum atomic E-state index is -4.49. The van der Waals surface area contributed by atoms with Crippen molar-refractivity contribution in [3.63, 3.8) is 0 Å². The molecule has 1 N–H and O–H groups in total. The molecular weight excluding hydrogens is 242 g/mol. The van der Waals surface area contributed by atoms with Crippen LogP contribution in [0.15, 0.2) is 28.7 Å². The number of rotatable bonds is 4. The van der Waals surface area contributed by atoms with Crippen LogP contribution in [0, 0.1) is 6.92 Å². The minimum Gasteiger partial charge on any atom is -0.292 e. The first kappa shape index (κ1) is 13.5. The summed E-state index contributed by atoms with van der Waals surface area (Å²) in [5.74, 6) is -0.979. The van der Waals surface area contributed by atoms with E-state index in [0.29, 0.717) is 6.21 Å². The van der Waals surface area contributed by atoms with Crippen LogP contribution >= 0.6 is 0 Å². The molecule has 1 aromatic carbocycles. The first-order valence-electron chi connectivity index (χ1n) is 4.93. The van der Waals surface area contributed by atoms with Gasteiger partial charge in [-0.15, -0.1) is 4.40 Å². The van der Waals surface area contributed by atoms with E-state index in [2.05, 4.69) is 4.40 Å². The van der Waals surface area contributed by atoms with Gasteiger partial charge in [0.2, 0.25) is 0 Å². The van der Waals surface area contributed by atoms with Gasteiger partial charge in [0, 0.05) is 5.92 Å². The molecule has 0 heterocycles. The standard InChI is InChI=1S/C11H13NO4S/c1-8-3-5-10(6-4-8)9(2)11(13)7-12-17(14,15)16/h3-7,9H,1-2H3,(H,14,15,16). The molecule has 0 bridgehead atoms. The van der Waals surface area contributed by atoms with E-state index in [-0.39, 0.29) is 0 Å². The first-order chi connectivity index (χ1) is 7.79. The van der Waals surface area contributed by atoms with Crippen LogP contribution in [0.4, 0.5) is 0 Å². The van der Waals surface area contributed by atoms with Crippen molar-refractivity contribution < 1.29 is 17.8 Å². The third kappa shape index (κ3) is 4.46. The van der Waals surface area contributed by atoms with E-state index in [1.807, 2.05) is 19.1 Å². The van der Waals surface area contributed by atoms with Crippen LogP contribution in [0.25, 0.3) is 0 Å². The Bertz CT molecular complexity index is 531. The third-order valence-electron chi connectivity index (χ3n) is 2.32. The molecule has 1 rings (SSSR count). The van der Waals surface area contributed by atoms with Gasteiger partial charge in [-0.1, -0.05) is 36.8 Å². The molecule has 0 radical (unpaired) electrons. The molecule has 0 amide bonds. The third-order valence-corrected chi connectivity index (χ3v) is 2.69. The van der Waals surface area contributed by atoms with Crippen molar-refractivity contribution in [1.82, 2.24) is 0 Å². The van der Waals surface area contributed by atoms with Gasteiger partial charge in [0.05, 0.1) is 6.21 Å². The second-order valence-electron chi connectivity index (χ2n) is 3.72. The van der Waals surface area contributed by atoms with E-state index in [9.17, 15) is 13.2 Å². The Morgan fingerprint density at radius 3 is 2.35 bits per heavy atom. The molecule has 0 aliphatic heterocycles. The number of aryl methyl sites for hydroxylation is 1. The average Bonchev–Trinajstić information content (AvgIpc) is 2.25. The largest absolute Gasteiger partial charge is 0.378 e. The molecule has 0 saturated carbocycles. The number of hydrogen-bond acceptors (Lipinski definition) is 3. The van der Waals surface area contributed by atoms with Gasteiger partial charge in [-0.25, -0.2) is 0 Å². The lowest BCUT2D eigenvalue weighted by molar-refractivity contribution is -0.113. The molecule has 0 fully saturated rings. The van der Waals surface area contributed by atoms with Crippen LogP contribution in [0.1, 0.15) is 24.0 Å². The molecule has 1 unspecified atom stereocenters. The summed E-state index contributed by atoms with van der Waals surface area (Å²) in [4.78, 5) is 11.6. The van der Waals surface area contributed by atoms with Crippen molar-refractivity contribution in [2.24, 2.45) is 4.40 Å². The number of carbonyl (C=O) groups excluding carboxylic acids is 1. The summed E-state index contributed by atoms with van der Waals surface area (Å²) in [5.41, 5.74) is 1.84. The number of ketones is 1. The smallest absolute Gasteiger partial charge is 0.292 e. The molecular formula is C11H13NO4S. The van der Waals surface area contributed by atoms with Crippen LogP contribution in [0.3, 0.4) is 0 Å². The van der Waals surface area contributed by atoms with E-state index in [4.69, 9.17) is 4.55 Å². The number of benzene rings is 1. The number of hydrogen-bond donors (Lipinski definition) is 1. The Kier molecular flexibility index (Phi) is 4.14. The van der Waals surface area contributed by atoms with Crippen LogP contribution in [-0.2, 0) is 15.1 Å². The van der Waals surface area contributed by atoms with Gasteiger partial charge in [-0.2, -0.15) is 8.42 Å². The summed E-state index contributed by atoms with van der Waals surface area (Å²) in [6, 6.07) is 7.30. The molecule has 17 heavy (non-hydrogen) atoms. The van der Waals surface area contributed by atoms with Gasteiger partial charge in [-0.3, -0.25) is 9.35 Å². The molecule has 0 saturated heterocycles. The highest BCUT2D eigenvalue weighted by Gasteiger charge is 2.13. The van der Waals surface area contributed by atoms with E-state index in [0.717, 1.165) is 11.1 Å². The lowest BCUT2D eigenvalue weighted by Gasteiger charge is -2.07. The van der Waals surface area contributed by atoms with Crippen LogP contribution in [0.2, 0.25) is 0 Å². The molecule has 92 valence electrons. The Balaban J connectivity index is 2.84.